The average Bonchev–Trinajstić information content (AvgIpc) is 3.05. The summed E-state index contributed by atoms with van der Waals surface area (Å²) >= 11 is 0. The van der Waals surface area contributed by atoms with Crippen LogP contribution in [0.4, 0.5) is 0 Å². The Balaban J connectivity index is 1.34. The van der Waals surface area contributed by atoms with Crippen LogP contribution >= 0.6 is 0 Å². The van der Waals surface area contributed by atoms with Crippen LogP contribution < -0.4 is 5.32 Å². The van der Waals surface area contributed by atoms with E-state index in [1.54, 1.807) is 6.92 Å². The summed E-state index contributed by atoms with van der Waals surface area (Å²) < 4.78 is 0. The van der Waals surface area contributed by atoms with Crippen LogP contribution in [0.3, 0.4) is 0 Å². The molecule has 0 aromatic carbocycles. The minimum atomic E-state index is 0.0843. The lowest BCUT2D eigenvalue weighted by molar-refractivity contribution is -0.144. The average molecular weight is 416 g/mol. The van der Waals surface area contributed by atoms with E-state index in [-0.39, 0.29) is 17.9 Å². The van der Waals surface area contributed by atoms with E-state index in [1.807, 2.05) is 13.8 Å². The molecule has 4 rings (SSSR count). The number of carbonyl (C=O) groups is 2. The number of rotatable bonds is 6. The molecule has 0 spiro atoms. The fourth-order valence-corrected chi connectivity index (χ4v) is 6.31. The van der Waals surface area contributed by atoms with Gasteiger partial charge in [-0.1, -0.05) is 0 Å². The van der Waals surface area contributed by atoms with E-state index in [1.165, 1.54) is 38.8 Å². The van der Waals surface area contributed by atoms with E-state index in [0.29, 0.717) is 30.8 Å². The highest BCUT2D eigenvalue weighted by Gasteiger charge is 2.48. The Bertz CT molecular complexity index is 754. The Kier molecular flexibility index (Phi) is 6.46. The molecule has 1 aromatic rings. The van der Waals surface area contributed by atoms with Crippen molar-refractivity contribution in [2.45, 2.75) is 84.3 Å². The zero-order valence-corrected chi connectivity index (χ0v) is 18.7. The van der Waals surface area contributed by atoms with Gasteiger partial charge in [-0.05, 0) is 77.3 Å². The van der Waals surface area contributed by atoms with Gasteiger partial charge >= 0.3 is 0 Å². The molecule has 0 unspecified atom stereocenters. The number of hydrogen-bond donors (Lipinski definition) is 2. The van der Waals surface area contributed by atoms with Crippen LogP contribution in [-0.4, -0.2) is 63.5 Å². The van der Waals surface area contributed by atoms with Crippen molar-refractivity contribution in [1.82, 2.24) is 25.3 Å². The molecule has 0 saturated carbocycles. The molecule has 4 atom stereocenters. The molecule has 7 nitrogen and oxygen atoms in total. The quantitative estimate of drug-likeness (QED) is 0.748. The first kappa shape index (κ1) is 21.3. The second-order valence-corrected chi connectivity index (χ2v) is 9.56. The minimum absolute atomic E-state index is 0.0843. The molecule has 0 radical (unpaired) electrons. The number of aromatic nitrogens is 2. The third-order valence-corrected chi connectivity index (χ3v) is 7.72. The molecule has 3 saturated heterocycles. The number of carbonyl (C=O) groups excluding carboxylic acids is 2. The van der Waals surface area contributed by atoms with E-state index in [4.69, 9.17) is 0 Å². The van der Waals surface area contributed by atoms with Gasteiger partial charge in [0.1, 0.15) is 0 Å². The van der Waals surface area contributed by atoms with Gasteiger partial charge in [0.25, 0.3) is 0 Å². The van der Waals surface area contributed by atoms with Crippen LogP contribution in [0.2, 0.25) is 0 Å². The van der Waals surface area contributed by atoms with Gasteiger partial charge in [0.05, 0.1) is 5.69 Å². The van der Waals surface area contributed by atoms with E-state index < -0.39 is 0 Å². The number of piperidine rings is 3. The molecule has 166 valence electrons. The number of H-pyrrole nitrogens is 1. The lowest BCUT2D eigenvalue weighted by Crippen LogP contribution is -2.65. The van der Waals surface area contributed by atoms with Crippen molar-refractivity contribution in [3.63, 3.8) is 0 Å². The Morgan fingerprint density at radius 3 is 2.67 bits per heavy atom. The fourth-order valence-electron chi connectivity index (χ4n) is 6.31. The summed E-state index contributed by atoms with van der Waals surface area (Å²) in [5.41, 5.74) is 3.02. The molecule has 2 amide bonds. The Morgan fingerprint density at radius 2 is 1.97 bits per heavy atom. The van der Waals surface area contributed by atoms with E-state index in [9.17, 15) is 9.59 Å². The van der Waals surface area contributed by atoms with Gasteiger partial charge in [-0.15, -0.1) is 0 Å². The highest BCUT2D eigenvalue weighted by molar-refractivity contribution is 5.76. The zero-order valence-electron chi connectivity index (χ0n) is 18.7. The van der Waals surface area contributed by atoms with Crippen LogP contribution in [0.15, 0.2) is 0 Å². The van der Waals surface area contributed by atoms with Gasteiger partial charge in [0.15, 0.2) is 0 Å². The third-order valence-electron chi connectivity index (χ3n) is 7.72. The monoisotopic (exact) mass is 415 g/mol. The molecule has 0 bridgehead atoms. The van der Waals surface area contributed by atoms with Gasteiger partial charge in [-0.2, -0.15) is 5.10 Å². The van der Waals surface area contributed by atoms with Gasteiger partial charge < -0.3 is 10.2 Å². The maximum absolute atomic E-state index is 12.5. The van der Waals surface area contributed by atoms with Crippen LogP contribution in [0, 0.1) is 25.7 Å². The van der Waals surface area contributed by atoms with Crippen molar-refractivity contribution in [2.24, 2.45) is 11.8 Å². The Hall–Kier alpha value is -1.89. The molecule has 3 aliphatic heterocycles. The number of amides is 2. The first-order valence-electron chi connectivity index (χ1n) is 11.7. The number of hydrogen-bond acceptors (Lipinski definition) is 4. The summed E-state index contributed by atoms with van der Waals surface area (Å²) in [5, 5.41) is 10.2. The fraction of sp³-hybridized carbons (Fsp3) is 0.783. The van der Waals surface area contributed by atoms with Crippen LogP contribution in [-0.2, 0) is 16.1 Å². The molecule has 4 heterocycles. The lowest BCUT2D eigenvalue weighted by atomic mass is 9.69. The van der Waals surface area contributed by atoms with Crippen molar-refractivity contribution < 1.29 is 9.59 Å². The normalized spacial score (nSPS) is 28.8. The summed E-state index contributed by atoms with van der Waals surface area (Å²) in [5.74, 6) is 1.49. The molecule has 3 fully saturated rings. The summed E-state index contributed by atoms with van der Waals surface area (Å²) in [6.45, 7) is 9.53. The minimum Gasteiger partial charge on any atom is -0.352 e. The smallest absolute Gasteiger partial charge is 0.220 e. The molecule has 7 heteroatoms. The number of nitrogens with zero attached hydrogens (tertiary/aromatic N) is 3. The molecular formula is C23H37N5O2. The number of likely N-dealkylation sites (tertiary alicyclic amines) is 1. The van der Waals surface area contributed by atoms with Gasteiger partial charge in [0, 0.05) is 49.8 Å². The van der Waals surface area contributed by atoms with Crippen molar-refractivity contribution in [3.05, 3.63) is 17.0 Å². The van der Waals surface area contributed by atoms with E-state index in [2.05, 4.69) is 25.3 Å². The first-order chi connectivity index (χ1) is 14.5. The Labute approximate surface area is 180 Å². The number of aryl methyl sites for hydroxylation is 2. The number of nitrogens with one attached hydrogen (secondary N) is 2. The highest BCUT2D eigenvalue weighted by Crippen LogP contribution is 2.43. The summed E-state index contributed by atoms with van der Waals surface area (Å²) in [7, 11) is 0. The largest absolute Gasteiger partial charge is 0.352 e. The number of aromatic amines is 1. The van der Waals surface area contributed by atoms with Gasteiger partial charge in [0.2, 0.25) is 11.8 Å². The Morgan fingerprint density at radius 1 is 1.20 bits per heavy atom. The standard InChI is InChI=1S/C23H37N5O2/c1-15-20(16(2)26-25-15)13-24-22(30)10-4-9-21-19-8-6-12-27-11-5-7-18(23(19)27)14-28(21)17(3)29/h18-19,21,23H,4-14H2,1-3H3,(H,24,30)(H,25,26)/t18-,19+,21+,23-/m0/s1. The maximum Gasteiger partial charge on any atom is 0.220 e. The predicted molar refractivity (Wildman–Crippen MR) is 116 cm³/mol. The molecule has 3 aliphatic rings. The van der Waals surface area contributed by atoms with Crippen LogP contribution in [0.1, 0.15) is 68.8 Å². The summed E-state index contributed by atoms with van der Waals surface area (Å²) in [4.78, 5) is 29.7. The second-order valence-electron chi connectivity index (χ2n) is 9.56. The summed E-state index contributed by atoms with van der Waals surface area (Å²) in [6.07, 6.45) is 7.25. The van der Waals surface area contributed by atoms with Crippen LogP contribution in [0.25, 0.3) is 0 Å². The van der Waals surface area contributed by atoms with E-state index in [0.717, 1.165) is 36.3 Å². The second kappa shape index (κ2) is 9.08. The SMILES string of the molecule is CC(=O)N1C[C@@H]2CCCN3CCC[C@@H]([C@H]23)[C@H]1CCCC(=O)NCc1c(C)n[nH]c1C. The van der Waals surface area contributed by atoms with Crippen LogP contribution in [0.5, 0.6) is 0 Å². The molecule has 0 aliphatic carbocycles. The summed E-state index contributed by atoms with van der Waals surface area (Å²) in [6, 6.07) is 0.935. The maximum atomic E-state index is 12.5. The molecule has 30 heavy (non-hydrogen) atoms. The third kappa shape index (κ3) is 4.27. The van der Waals surface area contributed by atoms with Crippen molar-refractivity contribution >= 4 is 11.8 Å². The highest BCUT2D eigenvalue weighted by atomic mass is 16.2. The molecule has 2 N–H and O–H groups in total. The predicted octanol–water partition coefficient (Wildman–Crippen LogP) is 2.53. The van der Waals surface area contributed by atoms with Crippen molar-refractivity contribution in [2.75, 3.05) is 19.6 Å². The topological polar surface area (TPSA) is 81.3 Å². The lowest BCUT2D eigenvalue weighted by Gasteiger charge is -2.57. The first-order valence-corrected chi connectivity index (χ1v) is 11.7. The van der Waals surface area contributed by atoms with E-state index >= 15 is 0 Å². The zero-order chi connectivity index (χ0) is 21.3. The molecule has 1 aromatic heterocycles. The van der Waals surface area contributed by atoms with Crippen molar-refractivity contribution in [3.8, 4) is 0 Å². The van der Waals surface area contributed by atoms with Gasteiger partial charge in [-0.3, -0.25) is 19.6 Å². The van der Waals surface area contributed by atoms with Crippen molar-refractivity contribution in [1.29, 1.82) is 0 Å². The van der Waals surface area contributed by atoms with Gasteiger partial charge in [-0.25, -0.2) is 0 Å². The molecular weight excluding hydrogens is 378 g/mol.